The van der Waals surface area contributed by atoms with Gasteiger partial charge < -0.3 is 16.4 Å². The Balaban J connectivity index is 1.66. The summed E-state index contributed by atoms with van der Waals surface area (Å²) in [6.45, 7) is 1.58. The van der Waals surface area contributed by atoms with Gasteiger partial charge in [0.1, 0.15) is 0 Å². The molecule has 0 saturated carbocycles. The summed E-state index contributed by atoms with van der Waals surface area (Å²) in [5, 5.41) is 6.40. The number of para-hydroxylation sites is 2. The van der Waals surface area contributed by atoms with Crippen LogP contribution in [0.3, 0.4) is 0 Å². The topological polar surface area (TPSA) is 62.4 Å². The first-order valence-electron chi connectivity index (χ1n) is 6.75. The summed E-state index contributed by atoms with van der Waals surface area (Å²) < 4.78 is 0. The fraction of sp³-hybridized carbons (Fsp3) is 0.188. The van der Waals surface area contributed by atoms with E-state index in [1.54, 1.807) is 0 Å². The first-order valence-corrected chi connectivity index (χ1v) is 6.75. The first kappa shape index (κ1) is 13.9. The average molecular weight is 268 g/mol. The minimum absolute atomic E-state index is 0.455. The fourth-order valence-electron chi connectivity index (χ4n) is 1.78. The molecule has 4 nitrogen and oxygen atoms in total. The van der Waals surface area contributed by atoms with Gasteiger partial charge in [-0.1, -0.05) is 36.4 Å². The molecule has 0 fully saturated rings. The third-order valence-electron chi connectivity index (χ3n) is 2.77. The van der Waals surface area contributed by atoms with Crippen molar-refractivity contribution in [2.75, 3.05) is 23.7 Å². The van der Waals surface area contributed by atoms with Crippen molar-refractivity contribution in [1.82, 2.24) is 0 Å². The molecule has 0 aromatic heterocycles. The molecule has 0 radical (unpaired) electrons. The molecule has 0 heterocycles. The molecular weight excluding hydrogens is 248 g/mol. The molecule has 0 atom stereocenters. The van der Waals surface area contributed by atoms with Crippen LogP contribution in [0.25, 0.3) is 0 Å². The number of hydrogen-bond donors (Lipinski definition) is 3. The van der Waals surface area contributed by atoms with Crippen molar-refractivity contribution in [3.63, 3.8) is 0 Å². The Morgan fingerprint density at radius 3 is 2.15 bits per heavy atom. The third kappa shape index (κ3) is 5.02. The number of hydrogen-bond acceptors (Lipinski definition) is 2. The molecule has 0 unspecified atom stereocenters. The van der Waals surface area contributed by atoms with Crippen molar-refractivity contribution in [3.05, 3.63) is 60.7 Å². The van der Waals surface area contributed by atoms with Crippen molar-refractivity contribution in [3.8, 4) is 0 Å². The molecule has 0 aliphatic heterocycles. The number of nitrogens with one attached hydrogen (secondary N) is 2. The summed E-state index contributed by atoms with van der Waals surface area (Å²) in [5.74, 6) is 0.455. The largest absolute Gasteiger partial charge is 0.385 e. The van der Waals surface area contributed by atoms with Crippen molar-refractivity contribution < 1.29 is 0 Å². The van der Waals surface area contributed by atoms with Gasteiger partial charge in [-0.2, -0.15) is 0 Å². The first-order chi connectivity index (χ1) is 9.84. The molecule has 104 valence electrons. The molecule has 2 aromatic carbocycles. The zero-order valence-electron chi connectivity index (χ0n) is 11.4. The average Bonchev–Trinajstić information content (AvgIpc) is 2.49. The van der Waals surface area contributed by atoms with Crippen LogP contribution in [0.4, 0.5) is 11.4 Å². The second kappa shape index (κ2) is 7.84. The molecule has 2 rings (SSSR count). The van der Waals surface area contributed by atoms with Crippen LogP contribution in [0.1, 0.15) is 6.42 Å². The van der Waals surface area contributed by atoms with Gasteiger partial charge in [-0.3, -0.25) is 4.99 Å². The van der Waals surface area contributed by atoms with Crippen molar-refractivity contribution in [1.29, 1.82) is 0 Å². The van der Waals surface area contributed by atoms with Crippen LogP contribution < -0.4 is 16.4 Å². The molecule has 0 amide bonds. The number of nitrogens with zero attached hydrogens (tertiary/aromatic N) is 1. The summed E-state index contributed by atoms with van der Waals surface area (Å²) in [6, 6.07) is 19.9. The number of rotatable bonds is 6. The van der Waals surface area contributed by atoms with Crippen molar-refractivity contribution in [2.24, 2.45) is 10.7 Å². The van der Waals surface area contributed by atoms with Crippen LogP contribution in [0, 0.1) is 0 Å². The highest BCUT2D eigenvalue weighted by atomic mass is 15.1. The van der Waals surface area contributed by atoms with E-state index in [0.717, 1.165) is 24.3 Å². The second-order valence-corrected chi connectivity index (χ2v) is 4.40. The van der Waals surface area contributed by atoms with E-state index in [9.17, 15) is 0 Å². The van der Waals surface area contributed by atoms with Crippen LogP contribution in [-0.4, -0.2) is 19.0 Å². The van der Waals surface area contributed by atoms with Crippen LogP contribution in [0.5, 0.6) is 0 Å². The summed E-state index contributed by atoms with van der Waals surface area (Å²) in [6.07, 6.45) is 0.937. The third-order valence-corrected chi connectivity index (χ3v) is 2.77. The van der Waals surface area contributed by atoms with Gasteiger partial charge in [0.05, 0.1) is 0 Å². The van der Waals surface area contributed by atoms with E-state index in [4.69, 9.17) is 5.73 Å². The van der Waals surface area contributed by atoms with Gasteiger partial charge in [-0.05, 0) is 30.7 Å². The smallest absolute Gasteiger partial charge is 0.193 e. The van der Waals surface area contributed by atoms with Gasteiger partial charge in [-0.15, -0.1) is 0 Å². The monoisotopic (exact) mass is 268 g/mol. The normalized spacial score (nSPS) is 11.1. The van der Waals surface area contributed by atoms with E-state index < -0.39 is 0 Å². The Bertz CT molecular complexity index is 523. The number of aliphatic imine (C=N–C) groups is 1. The molecular formula is C16H20N4. The molecule has 20 heavy (non-hydrogen) atoms. The Morgan fingerprint density at radius 1 is 0.900 bits per heavy atom. The van der Waals surface area contributed by atoms with Gasteiger partial charge in [0.2, 0.25) is 0 Å². The van der Waals surface area contributed by atoms with Crippen molar-refractivity contribution >= 4 is 17.3 Å². The minimum atomic E-state index is 0.455. The fourth-order valence-corrected chi connectivity index (χ4v) is 1.78. The van der Waals surface area contributed by atoms with Gasteiger partial charge in [0.15, 0.2) is 5.96 Å². The van der Waals surface area contributed by atoms with E-state index in [1.165, 1.54) is 0 Å². The van der Waals surface area contributed by atoms with Crippen LogP contribution in [0.2, 0.25) is 0 Å². The SMILES string of the molecule is NC(=NCCCNc1ccccc1)Nc1ccccc1. The quantitative estimate of drug-likeness (QED) is 0.429. The van der Waals surface area contributed by atoms with E-state index in [1.807, 2.05) is 48.5 Å². The number of benzene rings is 2. The number of anilines is 2. The molecule has 4 heteroatoms. The number of nitrogens with two attached hydrogens (primary N) is 1. The molecule has 0 spiro atoms. The van der Waals surface area contributed by atoms with E-state index in [0.29, 0.717) is 12.5 Å². The van der Waals surface area contributed by atoms with Crippen molar-refractivity contribution in [2.45, 2.75) is 6.42 Å². The summed E-state index contributed by atoms with van der Waals surface area (Å²) in [4.78, 5) is 4.29. The van der Waals surface area contributed by atoms with Gasteiger partial charge >= 0.3 is 0 Å². The van der Waals surface area contributed by atoms with Gasteiger partial charge in [0, 0.05) is 24.5 Å². The standard InChI is InChI=1S/C16H20N4/c17-16(20-15-10-5-2-6-11-15)19-13-7-12-18-14-8-3-1-4-9-14/h1-6,8-11,18H,7,12-13H2,(H3,17,19,20). The van der Waals surface area contributed by atoms with Crippen LogP contribution >= 0.6 is 0 Å². The lowest BCUT2D eigenvalue weighted by Crippen LogP contribution is -2.23. The highest BCUT2D eigenvalue weighted by Crippen LogP contribution is 2.05. The summed E-state index contributed by atoms with van der Waals surface area (Å²) in [5.41, 5.74) is 7.90. The van der Waals surface area contributed by atoms with Crippen LogP contribution in [0.15, 0.2) is 65.7 Å². The van der Waals surface area contributed by atoms with Gasteiger partial charge in [0.25, 0.3) is 0 Å². The maximum absolute atomic E-state index is 5.82. The Kier molecular flexibility index (Phi) is 5.46. The summed E-state index contributed by atoms with van der Waals surface area (Å²) >= 11 is 0. The highest BCUT2D eigenvalue weighted by molar-refractivity contribution is 5.92. The van der Waals surface area contributed by atoms with E-state index in [2.05, 4.69) is 27.8 Å². The molecule has 0 aliphatic carbocycles. The predicted molar refractivity (Wildman–Crippen MR) is 86.1 cm³/mol. The minimum Gasteiger partial charge on any atom is -0.385 e. The summed E-state index contributed by atoms with van der Waals surface area (Å²) in [7, 11) is 0. The maximum atomic E-state index is 5.82. The van der Waals surface area contributed by atoms with E-state index in [-0.39, 0.29) is 0 Å². The Hall–Kier alpha value is -2.49. The lowest BCUT2D eigenvalue weighted by Gasteiger charge is -2.06. The van der Waals surface area contributed by atoms with E-state index >= 15 is 0 Å². The molecule has 2 aromatic rings. The second-order valence-electron chi connectivity index (χ2n) is 4.40. The van der Waals surface area contributed by atoms with Crippen LogP contribution in [-0.2, 0) is 0 Å². The lowest BCUT2D eigenvalue weighted by atomic mass is 10.3. The molecule has 4 N–H and O–H groups in total. The zero-order chi connectivity index (χ0) is 14.0. The molecule has 0 saturated heterocycles. The Labute approximate surface area is 119 Å². The zero-order valence-corrected chi connectivity index (χ0v) is 11.4. The Morgan fingerprint density at radius 2 is 1.50 bits per heavy atom. The molecule has 0 bridgehead atoms. The van der Waals surface area contributed by atoms with Gasteiger partial charge in [-0.25, -0.2) is 0 Å². The highest BCUT2D eigenvalue weighted by Gasteiger charge is 1.93. The number of guanidine groups is 1. The molecule has 0 aliphatic rings. The maximum Gasteiger partial charge on any atom is 0.193 e. The lowest BCUT2D eigenvalue weighted by molar-refractivity contribution is 0.873. The predicted octanol–water partition coefficient (Wildman–Crippen LogP) is 2.92.